The standard InChI is InChI=1S/C21H32N2O5S/c1-15-12-23(16(2)14-24)29(26,27)20-8-7-17(9-10-21(3,4)25)11-18(20)28-19(15)13-22(5)6/h7-8,11,15-16,19,24-25H,12-14H2,1-6H3/t15-,16-,19-/m1/s1. The van der Waals surface area contributed by atoms with Crippen molar-refractivity contribution in [2.45, 2.75) is 50.3 Å². The fourth-order valence-corrected chi connectivity index (χ4v) is 4.93. The summed E-state index contributed by atoms with van der Waals surface area (Å²) in [6, 6.07) is 4.14. The number of sulfonamides is 1. The van der Waals surface area contributed by atoms with E-state index in [1.165, 1.54) is 10.4 Å². The zero-order valence-electron chi connectivity index (χ0n) is 18.0. The van der Waals surface area contributed by atoms with E-state index < -0.39 is 21.7 Å². The van der Waals surface area contributed by atoms with Crippen LogP contribution in [0.4, 0.5) is 0 Å². The van der Waals surface area contributed by atoms with E-state index in [0.29, 0.717) is 12.1 Å². The van der Waals surface area contributed by atoms with Crippen LogP contribution in [0.1, 0.15) is 33.3 Å². The first-order chi connectivity index (χ1) is 13.3. The van der Waals surface area contributed by atoms with Gasteiger partial charge >= 0.3 is 0 Å². The highest BCUT2D eigenvalue weighted by atomic mass is 32.2. The van der Waals surface area contributed by atoms with Crippen molar-refractivity contribution >= 4 is 10.0 Å². The van der Waals surface area contributed by atoms with E-state index in [1.807, 2.05) is 25.9 Å². The average Bonchev–Trinajstić information content (AvgIpc) is 2.61. The van der Waals surface area contributed by atoms with Gasteiger partial charge in [0.2, 0.25) is 10.0 Å². The van der Waals surface area contributed by atoms with Crippen molar-refractivity contribution in [3.05, 3.63) is 23.8 Å². The Kier molecular flexibility index (Phi) is 7.36. The predicted molar refractivity (Wildman–Crippen MR) is 112 cm³/mol. The van der Waals surface area contributed by atoms with Gasteiger partial charge in [-0.2, -0.15) is 4.31 Å². The van der Waals surface area contributed by atoms with E-state index in [4.69, 9.17) is 4.74 Å². The maximum atomic E-state index is 13.3. The Balaban J connectivity index is 2.62. The van der Waals surface area contributed by atoms with Crippen molar-refractivity contribution < 1.29 is 23.4 Å². The molecule has 0 aromatic heterocycles. The highest BCUT2D eigenvalue weighted by molar-refractivity contribution is 7.89. The number of hydrogen-bond acceptors (Lipinski definition) is 6. The van der Waals surface area contributed by atoms with Gasteiger partial charge in [-0.25, -0.2) is 8.42 Å². The SMILES string of the molecule is C[C@@H]1CN([C@H](C)CO)S(=O)(=O)c2ccc(C#CC(C)(C)O)cc2O[C@@H]1CN(C)C. The zero-order valence-corrected chi connectivity index (χ0v) is 18.8. The van der Waals surface area contributed by atoms with Crippen molar-refractivity contribution in [2.75, 3.05) is 33.8 Å². The second-order valence-electron chi connectivity index (χ2n) is 8.47. The molecule has 0 aliphatic carbocycles. The van der Waals surface area contributed by atoms with Gasteiger partial charge < -0.3 is 19.8 Å². The highest BCUT2D eigenvalue weighted by Gasteiger charge is 2.37. The Hall–Kier alpha value is -1.63. The molecule has 0 saturated carbocycles. The van der Waals surface area contributed by atoms with E-state index >= 15 is 0 Å². The molecule has 1 heterocycles. The number of benzene rings is 1. The Morgan fingerprint density at radius 2 is 2.03 bits per heavy atom. The third-order valence-corrected chi connectivity index (χ3v) is 6.74. The van der Waals surface area contributed by atoms with Crippen molar-refractivity contribution in [1.82, 2.24) is 9.21 Å². The third-order valence-electron chi connectivity index (χ3n) is 4.72. The van der Waals surface area contributed by atoms with Crippen LogP contribution in [0.15, 0.2) is 23.1 Å². The molecule has 7 nitrogen and oxygen atoms in total. The predicted octanol–water partition coefficient (Wildman–Crippen LogP) is 1.14. The van der Waals surface area contributed by atoms with Crippen molar-refractivity contribution in [2.24, 2.45) is 5.92 Å². The van der Waals surface area contributed by atoms with Gasteiger partial charge in [-0.1, -0.05) is 18.8 Å². The molecule has 8 heteroatoms. The van der Waals surface area contributed by atoms with Crippen LogP contribution < -0.4 is 4.74 Å². The summed E-state index contributed by atoms with van der Waals surface area (Å²) in [5.41, 5.74) is -0.605. The molecule has 0 unspecified atom stereocenters. The maximum Gasteiger partial charge on any atom is 0.247 e. The number of aliphatic hydroxyl groups excluding tert-OH is 1. The number of rotatable bonds is 4. The van der Waals surface area contributed by atoms with E-state index in [0.717, 1.165) is 0 Å². The summed E-state index contributed by atoms with van der Waals surface area (Å²) in [5.74, 6) is 5.74. The monoisotopic (exact) mass is 424 g/mol. The summed E-state index contributed by atoms with van der Waals surface area (Å²) < 4.78 is 34.2. The molecule has 0 amide bonds. The van der Waals surface area contributed by atoms with E-state index in [2.05, 4.69) is 11.8 Å². The van der Waals surface area contributed by atoms with Crippen LogP contribution in [-0.2, 0) is 10.0 Å². The molecule has 1 aromatic rings. The van der Waals surface area contributed by atoms with Crippen molar-refractivity contribution in [3.63, 3.8) is 0 Å². The second kappa shape index (κ2) is 9.02. The van der Waals surface area contributed by atoms with Crippen LogP contribution in [0.5, 0.6) is 5.75 Å². The van der Waals surface area contributed by atoms with Crippen LogP contribution in [0, 0.1) is 17.8 Å². The molecule has 3 atom stereocenters. The Morgan fingerprint density at radius 3 is 2.59 bits per heavy atom. The summed E-state index contributed by atoms with van der Waals surface area (Å²) in [6.07, 6.45) is -0.245. The minimum atomic E-state index is -3.86. The number of ether oxygens (including phenoxy) is 1. The quantitative estimate of drug-likeness (QED) is 0.705. The maximum absolute atomic E-state index is 13.3. The summed E-state index contributed by atoms with van der Waals surface area (Å²) in [6.45, 7) is 7.40. The number of fused-ring (bicyclic) bond motifs is 1. The van der Waals surface area contributed by atoms with Crippen molar-refractivity contribution in [3.8, 4) is 17.6 Å². The lowest BCUT2D eigenvalue weighted by molar-refractivity contribution is 0.0812. The molecule has 1 aliphatic heterocycles. The third kappa shape index (κ3) is 5.93. The van der Waals surface area contributed by atoms with Gasteiger partial charge in [-0.05, 0) is 53.1 Å². The molecule has 1 aliphatic rings. The zero-order chi connectivity index (χ0) is 22.0. The van der Waals surface area contributed by atoms with Gasteiger partial charge in [0.05, 0.1) is 6.61 Å². The normalized spacial score (nSPS) is 23.2. The van der Waals surface area contributed by atoms with E-state index in [1.54, 1.807) is 32.9 Å². The molecule has 0 bridgehead atoms. The van der Waals surface area contributed by atoms with Crippen LogP contribution in [0.2, 0.25) is 0 Å². The summed E-state index contributed by atoms with van der Waals surface area (Å²) in [5, 5.41) is 19.5. The minimum Gasteiger partial charge on any atom is -0.487 e. The lowest BCUT2D eigenvalue weighted by Gasteiger charge is -2.37. The summed E-state index contributed by atoms with van der Waals surface area (Å²) >= 11 is 0. The van der Waals surface area contributed by atoms with Gasteiger partial charge in [0.15, 0.2) is 0 Å². The van der Waals surface area contributed by atoms with E-state index in [9.17, 15) is 18.6 Å². The van der Waals surface area contributed by atoms with Gasteiger partial charge in [0, 0.05) is 30.6 Å². The number of likely N-dealkylation sites (N-methyl/N-ethyl adjacent to an activating group) is 1. The Bertz CT molecular complexity index is 881. The van der Waals surface area contributed by atoms with Crippen LogP contribution in [-0.4, -0.2) is 79.4 Å². The fraction of sp³-hybridized carbons (Fsp3) is 0.619. The average molecular weight is 425 g/mol. The molecule has 0 radical (unpaired) electrons. The topological polar surface area (TPSA) is 90.3 Å². The molecular formula is C21H32N2O5S. The Morgan fingerprint density at radius 1 is 1.38 bits per heavy atom. The summed E-state index contributed by atoms with van der Waals surface area (Å²) in [7, 11) is 0.0110. The second-order valence-corrected chi connectivity index (χ2v) is 10.3. The van der Waals surface area contributed by atoms with Gasteiger partial charge in [0.1, 0.15) is 22.4 Å². The van der Waals surface area contributed by atoms with Crippen LogP contribution in [0.3, 0.4) is 0 Å². The lowest BCUT2D eigenvalue weighted by atomic mass is 10.0. The lowest BCUT2D eigenvalue weighted by Crippen LogP contribution is -2.49. The Labute approximate surface area is 174 Å². The van der Waals surface area contributed by atoms with Crippen LogP contribution >= 0.6 is 0 Å². The number of nitrogens with zero attached hydrogens (tertiary/aromatic N) is 2. The molecule has 29 heavy (non-hydrogen) atoms. The van der Waals surface area contributed by atoms with Crippen molar-refractivity contribution in [1.29, 1.82) is 0 Å². The first kappa shape index (κ1) is 23.6. The molecular weight excluding hydrogens is 392 g/mol. The molecule has 2 N–H and O–H groups in total. The first-order valence-electron chi connectivity index (χ1n) is 9.69. The largest absolute Gasteiger partial charge is 0.487 e. The molecule has 0 spiro atoms. The smallest absolute Gasteiger partial charge is 0.247 e. The number of aliphatic hydroxyl groups is 2. The molecule has 2 rings (SSSR count). The first-order valence-corrected chi connectivity index (χ1v) is 11.1. The summed E-state index contributed by atoms with van der Waals surface area (Å²) in [4.78, 5) is 2.05. The highest BCUT2D eigenvalue weighted by Crippen LogP contribution is 2.34. The molecule has 1 aromatic carbocycles. The molecule has 0 fully saturated rings. The van der Waals surface area contributed by atoms with Gasteiger partial charge in [-0.3, -0.25) is 0 Å². The van der Waals surface area contributed by atoms with Gasteiger partial charge in [0.25, 0.3) is 0 Å². The minimum absolute atomic E-state index is 0.0577. The van der Waals surface area contributed by atoms with E-state index in [-0.39, 0.29) is 35.8 Å². The van der Waals surface area contributed by atoms with Gasteiger partial charge in [-0.15, -0.1) is 0 Å². The fourth-order valence-electron chi connectivity index (χ4n) is 3.11. The molecule has 162 valence electrons. The molecule has 0 saturated heterocycles. The van der Waals surface area contributed by atoms with Crippen LogP contribution in [0.25, 0.3) is 0 Å². The number of hydrogen-bond donors (Lipinski definition) is 2.